The van der Waals surface area contributed by atoms with Gasteiger partial charge in [-0.15, -0.1) is 0 Å². The predicted molar refractivity (Wildman–Crippen MR) is 110 cm³/mol. The first-order chi connectivity index (χ1) is 12.6. The maximum Gasteiger partial charge on any atom is 0.276 e. The van der Waals surface area contributed by atoms with Crippen molar-refractivity contribution in [1.29, 1.82) is 0 Å². The zero-order valence-electron chi connectivity index (χ0n) is 15.0. The van der Waals surface area contributed by atoms with E-state index in [1.54, 1.807) is 6.07 Å². The first kappa shape index (κ1) is 21.5. The number of carbonyl (C=O) groups excluding carboxylic acids is 2. The third-order valence-corrected chi connectivity index (χ3v) is 4.82. The van der Waals surface area contributed by atoms with E-state index in [1.807, 2.05) is 12.1 Å². The zero-order valence-corrected chi connectivity index (χ0v) is 18.1. The normalized spacial score (nSPS) is 11.0. The van der Waals surface area contributed by atoms with Crippen LogP contribution in [0.2, 0.25) is 10.0 Å². The molecular weight excluding hydrogens is 455 g/mol. The Morgan fingerprint density at radius 3 is 2.37 bits per heavy atom. The molecule has 0 aliphatic carbocycles. The second-order valence-electron chi connectivity index (χ2n) is 6.81. The van der Waals surface area contributed by atoms with Gasteiger partial charge in [-0.3, -0.25) is 20.4 Å². The minimum Gasteiger partial charge on any atom is -0.483 e. The Balaban J connectivity index is 1.88. The molecule has 2 aromatic carbocycles. The molecule has 2 rings (SSSR count). The monoisotopic (exact) mass is 472 g/mol. The van der Waals surface area contributed by atoms with Crippen LogP contribution in [-0.4, -0.2) is 18.4 Å². The van der Waals surface area contributed by atoms with Gasteiger partial charge in [0, 0.05) is 5.02 Å². The highest BCUT2D eigenvalue weighted by atomic mass is 79.9. The van der Waals surface area contributed by atoms with Gasteiger partial charge in [0.2, 0.25) is 0 Å². The van der Waals surface area contributed by atoms with Gasteiger partial charge in [-0.05, 0) is 57.2 Å². The number of amides is 2. The molecule has 0 heterocycles. The smallest absolute Gasteiger partial charge is 0.276 e. The Kier molecular flexibility index (Phi) is 7.14. The van der Waals surface area contributed by atoms with Crippen molar-refractivity contribution in [3.8, 4) is 5.75 Å². The molecular formula is C19H19BrCl2N2O3. The molecule has 0 fully saturated rings. The highest BCUT2D eigenvalue weighted by Crippen LogP contribution is 2.31. The maximum absolute atomic E-state index is 12.0. The van der Waals surface area contributed by atoms with E-state index in [2.05, 4.69) is 47.6 Å². The van der Waals surface area contributed by atoms with Crippen molar-refractivity contribution >= 4 is 50.9 Å². The molecule has 5 nitrogen and oxygen atoms in total. The molecule has 0 radical (unpaired) electrons. The molecule has 2 N–H and O–H groups in total. The van der Waals surface area contributed by atoms with Crippen LogP contribution in [0.15, 0.2) is 40.9 Å². The van der Waals surface area contributed by atoms with Crippen LogP contribution >= 0.6 is 39.1 Å². The van der Waals surface area contributed by atoms with E-state index in [0.29, 0.717) is 10.8 Å². The summed E-state index contributed by atoms with van der Waals surface area (Å²) in [6.45, 7) is 6.07. The van der Waals surface area contributed by atoms with Crippen molar-refractivity contribution in [2.75, 3.05) is 6.61 Å². The third kappa shape index (κ3) is 6.13. The Labute approximate surface area is 176 Å². The molecule has 0 atom stereocenters. The van der Waals surface area contributed by atoms with Crippen LogP contribution in [0, 0.1) is 0 Å². The molecule has 2 amide bonds. The molecule has 0 aliphatic heterocycles. The summed E-state index contributed by atoms with van der Waals surface area (Å²) < 4.78 is 6.24. The summed E-state index contributed by atoms with van der Waals surface area (Å²) in [6.07, 6.45) is 0. The fraction of sp³-hybridized carbons (Fsp3) is 0.263. The van der Waals surface area contributed by atoms with Crippen molar-refractivity contribution in [1.82, 2.24) is 10.9 Å². The second kappa shape index (κ2) is 8.95. The summed E-state index contributed by atoms with van der Waals surface area (Å²) >= 11 is 15.2. The van der Waals surface area contributed by atoms with E-state index in [-0.39, 0.29) is 22.6 Å². The number of benzene rings is 2. The molecule has 27 heavy (non-hydrogen) atoms. The van der Waals surface area contributed by atoms with Gasteiger partial charge in [-0.1, -0.05) is 50.0 Å². The lowest BCUT2D eigenvalue weighted by Crippen LogP contribution is -2.43. The lowest BCUT2D eigenvalue weighted by molar-refractivity contribution is -0.123. The second-order valence-corrected chi connectivity index (χ2v) is 8.51. The fourth-order valence-electron chi connectivity index (χ4n) is 2.13. The summed E-state index contributed by atoms with van der Waals surface area (Å²) in [6, 6.07) is 10.1. The third-order valence-electron chi connectivity index (χ3n) is 3.65. The average molecular weight is 474 g/mol. The van der Waals surface area contributed by atoms with Gasteiger partial charge in [0.1, 0.15) is 5.75 Å². The Bertz CT molecular complexity index is 867. The summed E-state index contributed by atoms with van der Waals surface area (Å²) in [5.41, 5.74) is 5.90. The van der Waals surface area contributed by atoms with Crippen LogP contribution in [0.1, 0.15) is 36.7 Å². The molecule has 0 unspecified atom stereocenters. The summed E-state index contributed by atoms with van der Waals surface area (Å²) in [7, 11) is 0. The number of hydrazine groups is 1. The number of halogens is 3. The van der Waals surface area contributed by atoms with Gasteiger partial charge in [0.05, 0.1) is 15.1 Å². The van der Waals surface area contributed by atoms with Gasteiger partial charge in [0.15, 0.2) is 6.61 Å². The van der Waals surface area contributed by atoms with Gasteiger partial charge in [0.25, 0.3) is 11.8 Å². The summed E-state index contributed by atoms with van der Waals surface area (Å²) in [4.78, 5) is 23.9. The highest BCUT2D eigenvalue weighted by Gasteiger charge is 2.16. The number of rotatable bonds is 4. The fourth-order valence-corrected chi connectivity index (χ4v) is 3.12. The number of ether oxygens (including phenoxy) is 1. The standard InChI is InChI=1S/C19H19BrCl2N2O3/c1-19(2,3)11-4-7-16(14(20)8-11)27-10-17(25)23-24-18(26)13-6-5-12(21)9-15(13)22/h4-9H,10H2,1-3H3,(H,23,25)(H,24,26). The molecule has 2 aromatic rings. The van der Waals surface area contributed by atoms with E-state index >= 15 is 0 Å². The lowest BCUT2D eigenvalue weighted by Gasteiger charge is -2.20. The van der Waals surface area contributed by atoms with E-state index in [4.69, 9.17) is 27.9 Å². The van der Waals surface area contributed by atoms with Crippen LogP contribution in [0.3, 0.4) is 0 Å². The van der Waals surface area contributed by atoms with Crippen molar-refractivity contribution in [3.63, 3.8) is 0 Å². The van der Waals surface area contributed by atoms with Gasteiger partial charge in [-0.25, -0.2) is 0 Å². The van der Waals surface area contributed by atoms with Crippen LogP contribution in [-0.2, 0) is 10.2 Å². The molecule has 0 spiro atoms. The number of hydrogen-bond acceptors (Lipinski definition) is 3. The minimum atomic E-state index is -0.555. The number of carbonyl (C=O) groups is 2. The van der Waals surface area contributed by atoms with Gasteiger partial charge in [-0.2, -0.15) is 0 Å². The van der Waals surface area contributed by atoms with Crippen molar-refractivity contribution in [2.45, 2.75) is 26.2 Å². The number of hydrogen-bond donors (Lipinski definition) is 2. The van der Waals surface area contributed by atoms with Crippen LogP contribution < -0.4 is 15.6 Å². The Morgan fingerprint density at radius 1 is 1.07 bits per heavy atom. The topological polar surface area (TPSA) is 67.4 Å². The van der Waals surface area contributed by atoms with Gasteiger partial charge < -0.3 is 4.74 Å². The lowest BCUT2D eigenvalue weighted by atomic mass is 9.87. The van der Waals surface area contributed by atoms with Gasteiger partial charge >= 0.3 is 0 Å². The molecule has 0 saturated heterocycles. The van der Waals surface area contributed by atoms with Crippen molar-refractivity contribution in [3.05, 3.63) is 62.0 Å². The molecule has 0 aromatic heterocycles. The molecule has 0 saturated carbocycles. The quantitative estimate of drug-likeness (QED) is 0.621. The molecule has 144 valence electrons. The Morgan fingerprint density at radius 2 is 1.78 bits per heavy atom. The molecule has 0 bridgehead atoms. The highest BCUT2D eigenvalue weighted by molar-refractivity contribution is 9.10. The van der Waals surface area contributed by atoms with Crippen LogP contribution in [0.4, 0.5) is 0 Å². The van der Waals surface area contributed by atoms with E-state index in [0.717, 1.165) is 10.0 Å². The molecule has 0 aliphatic rings. The average Bonchev–Trinajstić information content (AvgIpc) is 2.57. The molecule has 8 heteroatoms. The zero-order chi connectivity index (χ0) is 20.2. The first-order valence-electron chi connectivity index (χ1n) is 8.05. The Hall–Kier alpha value is -1.76. The van der Waals surface area contributed by atoms with Crippen LogP contribution in [0.5, 0.6) is 5.75 Å². The summed E-state index contributed by atoms with van der Waals surface area (Å²) in [5, 5.41) is 0.602. The first-order valence-corrected chi connectivity index (χ1v) is 9.60. The SMILES string of the molecule is CC(C)(C)c1ccc(OCC(=O)NNC(=O)c2ccc(Cl)cc2Cl)c(Br)c1. The maximum atomic E-state index is 12.0. The van der Waals surface area contributed by atoms with E-state index in [9.17, 15) is 9.59 Å². The predicted octanol–water partition coefficient (Wildman–Crippen LogP) is 4.89. The largest absolute Gasteiger partial charge is 0.483 e. The number of nitrogens with one attached hydrogen (secondary N) is 2. The van der Waals surface area contributed by atoms with Crippen molar-refractivity contribution < 1.29 is 14.3 Å². The van der Waals surface area contributed by atoms with Crippen LogP contribution in [0.25, 0.3) is 0 Å². The van der Waals surface area contributed by atoms with Crippen molar-refractivity contribution in [2.24, 2.45) is 0 Å². The van der Waals surface area contributed by atoms with E-state index in [1.165, 1.54) is 18.2 Å². The minimum absolute atomic E-state index is 0.00560. The summed E-state index contributed by atoms with van der Waals surface area (Å²) in [5.74, 6) is -0.536. The van der Waals surface area contributed by atoms with E-state index < -0.39 is 11.8 Å².